The largest absolute Gasteiger partial charge is 0.353 e. The lowest BCUT2D eigenvalue weighted by molar-refractivity contribution is -0.121. The van der Waals surface area contributed by atoms with Crippen LogP contribution in [-0.2, 0) is 11.3 Å². The predicted molar refractivity (Wildman–Crippen MR) is 75.6 cm³/mol. The van der Waals surface area contributed by atoms with Crippen LogP contribution in [-0.4, -0.2) is 23.5 Å². The first kappa shape index (κ1) is 14.0. The van der Waals surface area contributed by atoms with E-state index in [1.165, 1.54) is 24.8 Å². The molecule has 1 aliphatic carbocycles. The highest BCUT2D eigenvalue weighted by Crippen LogP contribution is 2.17. The van der Waals surface area contributed by atoms with Gasteiger partial charge in [0.2, 0.25) is 5.91 Å². The molecule has 1 aliphatic rings. The molecule has 1 heterocycles. The van der Waals surface area contributed by atoms with Crippen molar-refractivity contribution < 1.29 is 4.79 Å². The van der Waals surface area contributed by atoms with Crippen LogP contribution >= 0.6 is 0 Å². The van der Waals surface area contributed by atoms with E-state index in [4.69, 9.17) is 0 Å². The van der Waals surface area contributed by atoms with E-state index in [1.54, 1.807) is 12.4 Å². The second-order valence-electron chi connectivity index (χ2n) is 5.18. The number of nitrogens with one attached hydrogen (secondary N) is 2. The molecule has 0 saturated heterocycles. The third-order valence-electron chi connectivity index (χ3n) is 3.58. The minimum absolute atomic E-state index is 0.175. The van der Waals surface area contributed by atoms with Crippen LogP contribution in [0, 0.1) is 0 Å². The monoisotopic (exact) mass is 261 g/mol. The van der Waals surface area contributed by atoms with Gasteiger partial charge in [-0.05, 0) is 30.5 Å². The summed E-state index contributed by atoms with van der Waals surface area (Å²) in [6, 6.07) is 4.38. The number of rotatable bonds is 6. The summed E-state index contributed by atoms with van der Waals surface area (Å²) < 4.78 is 0. The first-order valence-electron chi connectivity index (χ1n) is 7.23. The highest BCUT2D eigenvalue weighted by atomic mass is 16.1. The fourth-order valence-electron chi connectivity index (χ4n) is 2.48. The van der Waals surface area contributed by atoms with E-state index in [0.29, 0.717) is 12.5 Å². The van der Waals surface area contributed by atoms with Crippen LogP contribution in [0.1, 0.15) is 44.1 Å². The lowest BCUT2D eigenvalue weighted by atomic mass is 9.95. The van der Waals surface area contributed by atoms with Gasteiger partial charge in [0, 0.05) is 37.9 Å². The Morgan fingerprint density at radius 1 is 1.21 bits per heavy atom. The molecule has 104 valence electrons. The molecule has 2 N–H and O–H groups in total. The summed E-state index contributed by atoms with van der Waals surface area (Å²) in [5.41, 5.74) is 1.20. The van der Waals surface area contributed by atoms with Crippen molar-refractivity contribution in [1.82, 2.24) is 15.6 Å². The second-order valence-corrected chi connectivity index (χ2v) is 5.18. The van der Waals surface area contributed by atoms with Crippen LogP contribution in [0.3, 0.4) is 0 Å². The Balaban J connectivity index is 1.56. The molecule has 1 aromatic heterocycles. The van der Waals surface area contributed by atoms with E-state index < -0.39 is 0 Å². The van der Waals surface area contributed by atoms with Gasteiger partial charge in [-0.1, -0.05) is 19.3 Å². The van der Waals surface area contributed by atoms with E-state index in [1.807, 2.05) is 12.1 Å². The topological polar surface area (TPSA) is 54.0 Å². The summed E-state index contributed by atoms with van der Waals surface area (Å²) in [7, 11) is 0. The van der Waals surface area contributed by atoms with Gasteiger partial charge in [-0.2, -0.15) is 0 Å². The van der Waals surface area contributed by atoms with Crippen LogP contribution in [0.25, 0.3) is 0 Å². The van der Waals surface area contributed by atoms with Crippen molar-refractivity contribution >= 4 is 5.91 Å². The van der Waals surface area contributed by atoms with E-state index in [0.717, 1.165) is 25.9 Å². The summed E-state index contributed by atoms with van der Waals surface area (Å²) in [5, 5.41) is 6.41. The van der Waals surface area contributed by atoms with Gasteiger partial charge in [0.15, 0.2) is 0 Å². The van der Waals surface area contributed by atoms with Gasteiger partial charge in [0.25, 0.3) is 0 Å². The molecular formula is C15H23N3O. The molecule has 0 aromatic carbocycles. The van der Waals surface area contributed by atoms with Gasteiger partial charge in [0.05, 0.1) is 0 Å². The number of nitrogens with zero attached hydrogens (tertiary/aromatic N) is 1. The predicted octanol–water partition coefficient (Wildman–Crippen LogP) is 2.01. The molecule has 0 bridgehead atoms. The number of carbonyl (C=O) groups is 1. The number of aromatic nitrogens is 1. The van der Waals surface area contributed by atoms with Gasteiger partial charge < -0.3 is 10.6 Å². The van der Waals surface area contributed by atoms with Crippen LogP contribution in [0.2, 0.25) is 0 Å². The molecule has 0 radical (unpaired) electrons. The SMILES string of the molecule is O=C(CCNCc1ccncc1)NC1CCCCC1. The van der Waals surface area contributed by atoms with Gasteiger partial charge in [-0.3, -0.25) is 9.78 Å². The fourth-order valence-corrected chi connectivity index (χ4v) is 2.48. The number of pyridine rings is 1. The third-order valence-corrected chi connectivity index (χ3v) is 3.58. The first-order valence-corrected chi connectivity index (χ1v) is 7.23. The van der Waals surface area contributed by atoms with E-state index in [2.05, 4.69) is 15.6 Å². The molecule has 1 aromatic rings. The smallest absolute Gasteiger partial charge is 0.221 e. The molecule has 0 aliphatic heterocycles. The summed E-state index contributed by atoms with van der Waals surface area (Å²) in [6.45, 7) is 1.51. The molecule has 0 spiro atoms. The van der Waals surface area contributed by atoms with Crippen molar-refractivity contribution in [1.29, 1.82) is 0 Å². The number of carbonyl (C=O) groups excluding carboxylic acids is 1. The molecular weight excluding hydrogens is 238 g/mol. The maximum Gasteiger partial charge on any atom is 0.221 e. The summed E-state index contributed by atoms with van der Waals surface area (Å²) in [4.78, 5) is 15.7. The first-order chi connectivity index (χ1) is 9.34. The van der Waals surface area contributed by atoms with Crippen LogP contribution < -0.4 is 10.6 Å². The Morgan fingerprint density at radius 2 is 1.95 bits per heavy atom. The Bertz CT molecular complexity index is 374. The van der Waals surface area contributed by atoms with Crippen molar-refractivity contribution in [2.24, 2.45) is 0 Å². The number of hydrogen-bond donors (Lipinski definition) is 2. The van der Waals surface area contributed by atoms with Crippen molar-refractivity contribution in [2.45, 2.75) is 51.1 Å². The van der Waals surface area contributed by atoms with E-state index in [9.17, 15) is 4.79 Å². The van der Waals surface area contributed by atoms with E-state index >= 15 is 0 Å². The summed E-state index contributed by atoms with van der Waals surface area (Å²) in [5.74, 6) is 0.175. The van der Waals surface area contributed by atoms with Crippen LogP contribution in [0.15, 0.2) is 24.5 Å². The maximum atomic E-state index is 11.8. The van der Waals surface area contributed by atoms with Crippen LogP contribution in [0.4, 0.5) is 0 Å². The number of hydrogen-bond acceptors (Lipinski definition) is 3. The number of amides is 1. The molecule has 1 fully saturated rings. The minimum atomic E-state index is 0.175. The molecule has 1 saturated carbocycles. The Labute approximate surface area is 115 Å². The highest BCUT2D eigenvalue weighted by Gasteiger charge is 2.14. The molecule has 2 rings (SSSR count). The lowest BCUT2D eigenvalue weighted by Crippen LogP contribution is -2.37. The van der Waals surface area contributed by atoms with Gasteiger partial charge >= 0.3 is 0 Å². The zero-order chi connectivity index (χ0) is 13.3. The average Bonchev–Trinajstić information content (AvgIpc) is 2.46. The van der Waals surface area contributed by atoms with Gasteiger partial charge in [-0.25, -0.2) is 0 Å². The molecule has 1 amide bonds. The van der Waals surface area contributed by atoms with Crippen molar-refractivity contribution in [3.63, 3.8) is 0 Å². The minimum Gasteiger partial charge on any atom is -0.353 e. The van der Waals surface area contributed by atoms with Gasteiger partial charge in [-0.15, -0.1) is 0 Å². The van der Waals surface area contributed by atoms with Crippen molar-refractivity contribution in [2.75, 3.05) is 6.54 Å². The average molecular weight is 261 g/mol. The Hall–Kier alpha value is -1.42. The normalized spacial score (nSPS) is 16.2. The Kier molecular flexibility index (Phi) is 5.82. The Morgan fingerprint density at radius 3 is 2.68 bits per heavy atom. The summed E-state index contributed by atoms with van der Waals surface area (Å²) in [6.07, 6.45) is 10.3. The lowest BCUT2D eigenvalue weighted by Gasteiger charge is -2.22. The molecule has 0 unspecified atom stereocenters. The quantitative estimate of drug-likeness (QED) is 0.770. The van der Waals surface area contributed by atoms with Crippen LogP contribution in [0.5, 0.6) is 0 Å². The molecule has 4 nitrogen and oxygen atoms in total. The van der Waals surface area contributed by atoms with Crippen molar-refractivity contribution in [3.8, 4) is 0 Å². The molecule has 19 heavy (non-hydrogen) atoms. The van der Waals surface area contributed by atoms with Gasteiger partial charge in [0.1, 0.15) is 0 Å². The van der Waals surface area contributed by atoms with Crippen molar-refractivity contribution in [3.05, 3.63) is 30.1 Å². The third kappa shape index (κ3) is 5.39. The van der Waals surface area contributed by atoms with E-state index in [-0.39, 0.29) is 5.91 Å². The summed E-state index contributed by atoms with van der Waals surface area (Å²) >= 11 is 0. The standard InChI is InChI=1S/C15H23N3O/c19-15(18-14-4-2-1-3-5-14)8-11-17-12-13-6-9-16-10-7-13/h6-7,9-10,14,17H,1-5,8,11-12H2,(H,18,19). The molecule has 0 atom stereocenters. The zero-order valence-electron chi connectivity index (χ0n) is 11.4. The zero-order valence-corrected chi connectivity index (χ0v) is 11.4. The molecule has 4 heteroatoms. The second kappa shape index (κ2) is 7.89. The maximum absolute atomic E-state index is 11.8. The fraction of sp³-hybridized carbons (Fsp3) is 0.600. The highest BCUT2D eigenvalue weighted by molar-refractivity contribution is 5.76.